The van der Waals surface area contributed by atoms with E-state index in [4.69, 9.17) is 0 Å². The summed E-state index contributed by atoms with van der Waals surface area (Å²) in [5, 5.41) is 9.79. The van der Waals surface area contributed by atoms with Crippen LogP contribution in [0.25, 0.3) is 0 Å². The van der Waals surface area contributed by atoms with Gasteiger partial charge in [-0.05, 0) is 24.6 Å². The maximum Gasteiger partial charge on any atom is 0.243 e. The number of sulfonamides is 1. The fraction of sp³-hybridized carbons (Fsp3) is 0.368. The van der Waals surface area contributed by atoms with Gasteiger partial charge in [0, 0.05) is 26.2 Å². The number of hydrogen-bond acceptors (Lipinski definition) is 4. The van der Waals surface area contributed by atoms with Crippen molar-refractivity contribution in [3.05, 3.63) is 65.7 Å². The lowest BCUT2D eigenvalue weighted by molar-refractivity contribution is 0.0903. The molecule has 2 aromatic rings. The monoisotopic (exact) mass is 360 g/mol. The molecule has 6 heteroatoms. The van der Waals surface area contributed by atoms with Crippen LogP contribution < -0.4 is 0 Å². The Hall–Kier alpha value is -1.73. The molecule has 0 radical (unpaired) electrons. The van der Waals surface area contributed by atoms with Gasteiger partial charge in [-0.15, -0.1) is 0 Å². The first kappa shape index (κ1) is 18.1. The molecule has 1 heterocycles. The summed E-state index contributed by atoms with van der Waals surface area (Å²) >= 11 is 0. The van der Waals surface area contributed by atoms with E-state index in [0.29, 0.717) is 31.1 Å². The third-order valence-corrected chi connectivity index (χ3v) is 6.64. The molecule has 5 nitrogen and oxygen atoms in total. The Morgan fingerprint density at radius 1 is 0.960 bits per heavy atom. The molecule has 1 atom stereocenters. The first-order valence-corrected chi connectivity index (χ1v) is 9.93. The largest absolute Gasteiger partial charge is 0.394 e. The van der Waals surface area contributed by atoms with Gasteiger partial charge in [0.25, 0.3) is 0 Å². The molecule has 134 valence electrons. The minimum absolute atomic E-state index is 0.0225. The van der Waals surface area contributed by atoms with Gasteiger partial charge in [0.1, 0.15) is 0 Å². The molecule has 3 rings (SSSR count). The Morgan fingerprint density at radius 3 is 2.12 bits per heavy atom. The van der Waals surface area contributed by atoms with Crippen LogP contribution in [0.1, 0.15) is 17.2 Å². The van der Waals surface area contributed by atoms with E-state index in [1.165, 1.54) is 4.31 Å². The van der Waals surface area contributed by atoms with Crippen molar-refractivity contribution in [2.24, 2.45) is 0 Å². The fourth-order valence-electron chi connectivity index (χ4n) is 3.22. The number of aryl methyl sites for hydroxylation is 1. The average molecular weight is 360 g/mol. The fourth-order valence-corrected chi connectivity index (χ4v) is 4.64. The normalized spacial score (nSPS) is 18.2. The summed E-state index contributed by atoms with van der Waals surface area (Å²) in [6.45, 7) is 4.03. The van der Waals surface area contributed by atoms with Gasteiger partial charge in [-0.2, -0.15) is 4.31 Å². The molecule has 1 aliphatic rings. The Kier molecular flexibility index (Phi) is 5.54. The van der Waals surface area contributed by atoms with Crippen molar-refractivity contribution in [1.29, 1.82) is 0 Å². The number of aliphatic hydroxyl groups is 1. The van der Waals surface area contributed by atoms with Gasteiger partial charge in [-0.1, -0.05) is 48.0 Å². The van der Waals surface area contributed by atoms with Crippen molar-refractivity contribution in [2.45, 2.75) is 17.9 Å². The topological polar surface area (TPSA) is 60.9 Å². The molecule has 2 aromatic carbocycles. The Bertz CT molecular complexity index is 783. The summed E-state index contributed by atoms with van der Waals surface area (Å²) in [6.07, 6.45) is 0. The molecule has 1 aliphatic heterocycles. The highest BCUT2D eigenvalue weighted by atomic mass is 32.2. The molecule has 0 bridgehead atoms. The second-order valence-electron chi connectivity index (χ2n) is 6.36. The lowest BCUT2D eigenvalue weighted by atomic mass is 10.1. The van der Waals surface area contributed by atoms with Crippen LogP contribution in [-0.2, 0) is 10.0 Å². The standard InChI is InChI=1S/C19H24N2O3S/c1-16-7-9-18(10-8-16)25(23,24)21-13-11-20(12-14-21)19(15-22)17-5-3-2-4-6-17/h2-10,19,22H,11-15H2,1H3/t19-/m0/s1. The van der Waals surface area contributed by atoms with Gasteiger partial charge >= 0.3 is 0 Å². The van der Waals surface area contributed by atoms with Crippen molar-refractivity contribution in [3.8, 4) is 0 Å². The zero-order valence-corrected chi connectivity index (χ0v) is 15.2. The third kappa shape index (κ3) is 3.93. The first-order chi connectivity index (χ1) is 12.0. The molecular weight excluding hydrogens is 336 g/mol. The van der Waals surface area contributed by atoms with E-state index in [1.54, 1.807) is 12.1 Å². The zero-order chi connectivity index (χ0) is 17.9. The van der Waals surface area contributed by atoms with Crippen LogP contribution in [0.15, 0.2) is 59.5 Å². The Labute approximate surface area is 149 Å². The summed E-state index contributed by atoms with van der Waals surface area (Å²) in [7, 11) is -3.46. The van der Waals surface area contributed by atoms with Crippen LogP contribution in [0.4, 0.5) is 0 Å². The lowest BCUT2D eigenvalue weighted by Gasteiger charge is -2.38. The molecule has 0 aliphatic carbocycles. The molecule has 1 saturated heterocycles. The third-order valence-electron chi connectivity index (χ3n) is 4.73. The van der Waals surface area contributed by atoms with E-state index in [-0.39, 0.29) is 12.6 Å². The average Bonchev–Trinajstić information content (AvgIpc) is 2.64. The van der Waals surface area contributed by atoms with Gasteiger partial charge in [-0.3, -0.25) is 4.90 Å². The molecule has 1 fully saturated rings. The van der Waals surface area contributed by atoms with E-state index < -0.39 is 10.0 Å². The highest BCUT2D eigenvalue weighted by Gasteiger charge is 2.31. The summed E-state index contributed by atoms with van der Waals surface area (Å²) in [4.78, 5) is 2.49. The van der Waals surface area contributed by atoms with Crippen LogP contribution in [0.5, 0.6) is 0 Å². The van der Waals surface area contributed by atoms with Gasteiger partial charge < -0.3 is 5.11 Å². The smallest absolute Gasteiger partial charge is 0.243 e. The number of piperazine rings is 1. The summed E-state index contributed by atoms with van der Waals surface area (Å²) in [6, 6.07) is 16.7. The predicted molar refractivity (Wildman–Crippen MR) is 97.8 cm³/mol. The molecule has 0 spiro atoms. The van der Waals surface area contributed by atoms with E-state index in [0.717, 1.165) is 11.1 Å². The second-order valence-corrected chi connectivity index (χ2v) is 8.30. The van der Waals surface area contributed by atoms with Crippen LogP contribution in [0.3, 0.4) is 0 Å². The summed E-state index contributed by atoms with van der Waals surface area (Å²) in [5.41, 5.74) is 2.09. The van der Waals surface area contributed by atoms with Gasteiger partial charge in [0.05, 0.1) is 17.5 Å². The van der Waals surface area contributed by atoms with Crippen molar-refractivity contribution >= 4 is 10.0 Å². The van der Waals surface area contributed by atoms with E-state index in [9.17, 15) is 13.5 Å². The van der Waals surface area contributed by atoms with Crippen LogP contribution in [0, 0.1) is 6.92 Å². The molecule has 0 unspecified atom stereocenters. The quantitative estimate of drug-likeness (QED) is 0.886. The zero-order valence-electron chi connectivity index (χ0n) is 14.4. The molecule has 0 saturated carbocycles. The second kappa shape index (κ2) is 7.66. The van der Waals surface area contributed by atoms with E-state index >= 15 is 0 Å². The van der Waals surface area contributed by atoms with Gasteiger partial charge in [-0.25, -0.2) is 8.42 Å². The molecular formula is C19H24N2O3S. The number of nitrogens with zero attached hydrogens (tertiary/aromatic N) is 2. The first-order valence-electron chi connectivity index (χ1n) is 8.49. The minimum atomic E-state index is -3.46. The van der Waals surface area contributed by atoms with Crippen LogP contribution >= 0.6 is 0 Å². The number of hydrogen-bond donors (Lipinski definition) is 1. The van der Waals surface area contributed by atoms with Crippen LogP contribution in [-0.4, -0.2) is 55.5 Å². The molecule has 1 N–H and O–H groups in total. The highest BCUT2D eigenvalue weighted by Crippen LogP contribution is 2.24. The summed E-state index contributed by atoms with van der Waals surface area (Å²) in [5.74, 6) is 0. The van der Waals surface area contributed by atoms with E-state index in [2.05, 4.69) is 4.90 Å². The van der Waals surface area contributed by atoms with Crippen LogP contribution in [0.2, 0.25) is 0 Å². The van der Waals surface area contributed by atoms with Crippen molar-refractivity contribution in [1.82, 2.24) is 9.21 Å². The molecule has 25 heavy (non-hydrogen) atoms. The highest BCUT2D eigenvalue weighted by molar-refractivity contribution is 7.89. The number of rotatable bonds is 5. The van der Waals surface area contributed by atoms with Gasteiger partial charge in [0.15, 0.2) is 0 Å². The maximum absolute atomic E-state index is 12.8. The Morgan fingerprint density at radius 2 is 1.56 bits per heavy atom. The summed E-state index contributed by atoms with van der Waals surface area (Å²) < 4.78 is 27.1. The number of aliphatic hydroxyl groups excluding tert-OH is 1. The van der Waals surface area contributed by atoms with Gasteiger partial charge in [0.2, 0.25) is 10.0 Å². The van der Waals surface area contributed by atoms with Crippen molar-refractivity contribution < 1.29 is 13.5 Å². The lowest BCUT2D eigenvalue weighted by Crippen LogP contribution is -2.50. The Balaban J connectivity index is 1.70. The molecule has 0 amide bonds. The predicted octanol–water partition coefficient (Wildman–Crippen LogP) is 2.03. The van der Waals surface area contributed by atoms with E-state index in [1.807, 2.05) is 49.4 Å². The van der Waals surface area contributed by atoms with Crippen molar-refractivity contribution in [3.63, 3.8) is 0 Å². The minimum Gasteiger partial charge on any atom is -0.394 e. The van der Waals surface area contributed by atoms with Crippen molar-refractivity contribution in [2.75, 3.05) is 32.8 Å². The SMILES string of the molecule is Cc1ccc(S(=O)(=O)N2CCN([C@@H](CO)c3ccccc3)CC2)cc1. The molecule has 0 aromatic heterocycles. The number of benzene rings is 2. The maximum atomic E-state index is 12.8.